The number of anilines is 1. The van der Waals surface area contributed by atoms with Gasteiger partial charge in [0.05, 0.1) is 24.4 Å². The van der Waals surface area contributed by atoms with Crippen LogP contribution in [0.5, 0.6) is 0 Å². The number of nitrogen functional groups attached to an aromatic ring is 1. The second-order valence-electron chi connectivity index (χ2n) is 4.60. The number of aryl methyl sites for hydroxylation is 1. The van der Waals surface area contributed by atoms with Crippen LogP contribution in [0, 0.1) is 6.92 Å². The van der Waals surface area contributed by atoms with E-state index in [2.05, 4.69) is 4.98 Å². The molecule has 3 N–H and O–H groups in total. The second kappa shape index (κ2) is 4.27. The topological polar surface area (TPSA) is 79.5 Å². The number of carbonyl (C=O) groups excluding carboxylic acids is 1. The number of carbonyl (C=O) groups is 1. The van der Waals surface area contributed by atoms with E-state index in [0.717, 1.165) is 12.8 Å². The van der Waals surface area contributed by atoms with Gasteiger partial charge in [-0.1, -0.05) is 24.7 Å². The highest BCUT2D eigenvalue weighted by molar-refractivity contribution is 7.17. The monoisotopic (exact) mass is 255 g/mol. The van der Waals surface area contributed by atoms with Gasteiger partial charge in [-0.3, -0.25) is 4.79 Å². The molecule has 0 radical (unpaired) electrons. The minimum atomic E-state index is -0.686. The lowest BCUT2D eigenvalue weighted by atomic mass is 9.89. The van der Waals surface area contributed by atoms with Gasteiger partial charge in [0.15, 0.2) is 5.13 Å². The van der Waals surface area contributed by atoms with Crippen LogP contribution in [-0.4, -0.2) is 39.6 Å². The van der Waals surface area contributed by atoms with Gasteiger partial charge >= 0.3 is 0 Å². The summed E-state index contributed by atoms with van der Waals surface area (Å²) in [7, 11) is 0. The van der Waals surface area contributed by atoms with Gasteiger partial charge in [-0.05, 0) is 13.3 Å². The van der Waals surface area contributed by atoms with Crippen LogP contribution in [0.2, 0.25) is 0 Å². The van der Waals surface area contributed by atoms with Crippen LogP contribution >= 0.6 is 11.3 Å². The Balaban J connectivity index is 2.02. The third kappa shape index (κ3) is 2.28. The van der Waals surface area contributed by atoms with Crippen molar-refractivity contribution in [3.8, 4) is 0 Å². The average molecular weight is 255 g/mol. The van der Waals surface area contributed by atoms with Crippen molar-refractivity contribution in [2.45, 2.75) is 32.3 Å². The maximum atomic E-state index is 12.1. The van der Waals surface area contributed by atoms with E-state index in [9.17, 15) is 9.90 Å². The number of aliphatic hydroxyl groups is 1. The van der Waals surface area contributed by atoms with Crippen molar-refractivity contribution in [3.05, 3.63) is 10.6 Å². The third-order valence-corrected chi connectivity index (χ3v) is 3.95. The fraction of sp³-hybridized carbons (Fsp3) is 0.636. The van der Waals surface area contributed by atoms with Gasteiger partial charge in [0.2, 0.25) is 0 Å². The predicted molar refractivity (Wildman–Crippen MR) is 67.0 cm³/mol. The fourth-order valence-electron chi connectivity index (χ4n) is 2.19. The van der Waals surface area contributed by atoms with Crippen molar-refractivity contribution in [2.75, 3.05) is 18.8 Å². The molecule has 6 heteroatoms. The Hall–Kier alpha value is -1.14. The summed E-state index contributed by atoms with van der Waals surface area (Å²) in [5.74, 6) is -0.0718. The first-order valence-electron chi connectivity index (χ1n) is 5.70. The van der Waals surface area contributed by atoms with Gasteiger partial charge in [-0.15, -0.1) is 0 Å². The number of nitrogens with zero attached hydrogens (tertiary/aromatic N) is 2. The van der Waals surface area contributed by atoms with Crippen LogP contribution in [0.25, 0.3) is 0 Å². The smallest absolute Gasteiger partial charge is 0.266 e. The van der Waals surface area contributed by atoms with Crippen molar-refractivity contribution in [1.29, 1.82) is 0 Å². The molecule has 2 rings (SSSR count). The molecule has 1 fully saturated rings. The maximum absolute atomic E-state index is 12.1. The Morgan fingerprint density at radius 1 is 1.65 bits per heavy atom. The Kier molecular flexibility index (Phi) is 3.09. The number of hydrogen-bond donors (Lipinski definition) is 2. The highest BCUT2D eigenvalue weighted by Gasteiger charge is 2.43. The summed E-state index contributed by atoms with van der Waals surface area (Å²) in [5.41, 5.74) is 5.55. The Labute approximate surface area is 104 Å². The maximum Gasteiger partial charge on any atom is 0.266 e. The molecule has 2 heterocycles. The van der Waals surface area contributed by atoms with E-state index >= 15 is 0 Å². The molecular weight excluding hydrogens is 238 g/mol. The Morgan fingerprint density at radius 3 is 2.76 bits per heavy atom. The fourth-order valence-corrected chi connectivity index (χ4v) is 2.99. The largest absolute Gasteiger partial charge is 0.386 e. The Morgan fingerprint density at radius 2 is 2.29 bits per heavy atom. The molecule has 17 heavy (non-hydrogen) atoms. The van der Waals surface area contributed by atoms with Gasteiger partial charge in [-0.25, -0.2) is 4.98 Å². The molecule has 1 aliphatic rings. The average Bonchev–Trinajstić information content (AvgIpc) is 2.53. The number of hydrogen-bond acceptors (Lipinski definition) is 5. The first-order chi connectivity index (χ1) is 7.95. The standard InChI is InChI=1S/C11H17N3O2S/c1-3-4-11(16)5-14(6-11)9(15)8-7(2)13-10(12)17-8/h16H,3-6H2,1-2H3,(H2,12,13). The zero-order valence-corrected chi connectivity index (χ0v) is 10.9. The molecule has 0 bridgehead atoms. The van der Waals surface area contributed by atoms with E-state index in [1.165, 1.54) is 11.3 Å². The van der Waals surface area contributed by atoms with E-state index < -0.39 is 5.60 Å². The summed E-state index contributed by atoms with van der Waals surface area (Å²) in [6, 6.07) is 0. The molecule has 0 aliphatic carbocycles. The normalized spacial score (nSPS) is 17.9. The predicted octanol–water partition coefficient (Wildman–Crippen LogP) is 1.02. The first-order valence-corrected chi connectivity index (χ1v) is 6.51. The zero-order valence-electron chi connectivity index (χ0n) is 10.1. The SMILES string of the molecule is CCCC1(O)CN(C(=O)c2sc(N)nc2C)C1. The lowest BCUT2D eigenvalue weighted by Crippen LogP contribution is -2.63. The summed E-state index contributed by atoms with van der Waals surface area (Å²) in [5, 5.41) is 10.4. The van der Waals surface area contributed by atoms with Gasteiger partial charge in [0.1, 0.15) is 4.88 Å². The number of β-amino-alcohol motifs (C(OH)–C–C–N with tert-alkyl or cyclic N) is 1. The van der Waals surface area contributed by atoms with E-state index in [4.69, 9.17) is 5.73 Å². The molecular formula is C11H17N3O2S. The molecule has 1 aromatic rings. The second-order valence-corrected chi connectivity index (χ2v) is 5.63. The molecule has 0 unspecified atom stereocenters. The van der Waals surface area contributed by atoms with E-state index in [1.54, 1.807) is 11.8 Å². The molecule has 0 atom stereocenters. The molecule has 0 aromatic carbocycles. The van der Waals surface area contributed by atoms with Crippen molar-refractivity contribution in [2.24, 2.45) is 0 Å². The van der Waals surface area contributed by atoms with Gasteiger partial charge in [0.25, 0.3) is 5.91 Å². The zero-order chi connectivity index (χ0) is 12.6. The van der Waals surface area contributed by atoms with Crippen molar-refractivity contribution in [1.82, 2.24) is 9.88 Å². The molecule has 0 saturated carbocycles. The highest BCUT2D eigenvalue weighted by atomic mass is 32.1. The first kappa shape index (κ1) is 12.3. The number of rotatable bonds is 3. The number of amides is 1. The summed E-state index contributed by atoms with van der Waals surface area (Å²) in [4.78, 5) is 18.3. The van der Waals surface area contributed by atoms with Crippen LogP contribution in [0.4, 0.5) is 5.13 Å². The molecule has 1 saturated heterocycles. The molecule has 94 valence electrons. The summed E-state index contributed by atoms with van der Waals surface area (Å²) in [6.07, 6.45) is 1.66. The highest BCUT2D eigenvalue weighted by Crippen LogP contribution is 2.29. The van der Waals surface area contributed by atoms with E-state index in [-0.39, 0.29) is 5.91 Å². The van der Waals surface area contributed by atoms with Crippen LogP contribution in [-0.2, 0) is 0 Å². The molecule has 1 amide bonds. The van der Waals surface area contributed by atoms with Crippen LogP contribution in [0.3, 0.4) is 0 Å². The summed E-state index contributed by atoms with van der Waals surface area (Å²) >= 11 is 1.21. The lowest BCUT2D eigenvalue weighted by Gasteiger charge is -2.46. The number of thiazole rings is 1. The van der Waals surface area contributed by atoms with Gasteiger partial charge < -0.3 is 15.7 Å². The number of likely N-dealkylation sites (tertiary alicyclic amines) is 1. The van der Waals surface area contributed by atoms with Crippen molar-refractivity contribution >= 4 is 22.4 Å². The van der Waals surface area contributed by atoms with E-state index in [0.29, 0.717) is 28.8 Å². The minimum Gasteiger partial charge on any atom is -0.386 e. The van der Waals surface area contributed by atoms with Gasteiger partial charge in [0, 0.05) is 0 Å². The summed E-state index contributed by atoms with van der Waals surface area (Å²) in [6.45, 7) is 4.63. The quantitative estimate of drug-likeness (QED) is 0.845. The van der Waals surface area contributed by atoms with Crippen LogP contribution in [0.15, 0.2) is 0 Å². The minimum absolute atomic E-state index is 0.0718. The molecule has 1 aliphatic heterocycles. The third-order valence-electron chi connectivity index (χ3n) is 2.98. The molecule has 1 aromatic heterocycles. The molecule has 5 nitrogen and oxygen atoms in total. The van der Waals surface area contributed by atoms with Gasteiger partial charge in [-0.2, -0.15) is 0 Å². The van der Waals surface area contributed by atoms with E-state index in [1.807, 2.05) is 6.92 Å². The molecule has 0 spiro atoms. The van der Waals surface area contributed by atoms with Crippen molar-refractivity contribution < 1.29 is 9.90 Å². The number of nitrogens with two attached hydrogens (primary N) is 1. The Bertz CT molecular complexity index is 438. The van der Waals surface area contributed by atoms with Crippen molar-refractivity contribution in [3.63, 3.8) is 0 Å². The van der Waals surface area contributed by atoms with Crippen LogP contribution in [0.1, 0.15) is 35.1 Å². The number of aromatic nitrogens is 1. The lowest BCUT2D eigenvalue weighted by molar-refractivity contribution is -0.0858. The summed E-state index contributed by atoms with van der Waals surface area (Å²) < 4.78 is 0. The van der Waals surface area contributed by atoms with Crippen LogP contribution < -0.4 is 5.73 Å².